The number of nitrogens with zero attached hydrogens (tertiary/aromatic N) is 1. The number of carbonyl (C=O) groups excluding carboxylic acids is 2. The predicted octanol–water partition coefficient (Wildman–Crippen LogP) is 1.84. The van der Waals surface area contributed by atoms with Crippen molar-refractivity contribution in [2.75, 3.05) is 6.61 Å². The Morgan fingerprint density at radius 3 is 2.81 bits per heavy atom. The Hall–Kier alpha value is -1.80. The van der Waals surface area contributed by atoms with Crippen LogP contribution >= 0.6 is 12.6 Å². The molecule has 16 heavy (non-hydrogen) atoms. The van der Waals surface area contributed by atoms with Gasteiger partial charge in [0.15, 0.2) is 6.29 Å². The van der Waals surface area contributed by atoms with Crippen LogP contribution in [0.2, 0.25) is 0 Å². The van der Waals surface area contributed by atoms with Gasteiger partial charge >= 0.3 is 5.97 Å². The van der Waals surface area contributed by atoms with Crippen molar-refractivity contribution in [1.29, 1.82) is 5.26 Å². The van der Waals surface area contributed by atoms with Gasteiger partial charge in [-0.1, -0.05) is 0 Å². The fourth-order valence-electron chi connectivity index (χ4n) is 1.23. The minimum atomic E-state index is -0.615. The highest BCUT2D eigenvalue weighted by Gasteiger charge is 2.17. The summed E-state index contributed by atoms with van der Waals surface area (Å²) in [5.74, 6) is -0.615. The number of rotatable bonds is 3. The normalized spacial score (nSPS) is 9.31. The van der Waals surface area contributed by atoms with Gasteiger partial charge in [-0.25, -0.2) is 4.79 Å². The molecule has 0 aromatic heterocycles. The van der Waals surface area contributed by atoms with Gasteiger partial charge in [-0.2, -0.15) is 5.26 Å². The molecule has 1 rings (SSSR count). The monoisotopic (exact) mass is 235 g/mol. The lowest BCUT2D eigenvalue weighted by molar-refractivity contribution is 0.0526. The third kappa shape index (κ3) is 2.23. The molecule has 4 nitrogen and oxygen atoms in total. The van der Waals surface area contributed by atoms with Crippen LogP contribution in [-0.4, -0.2) is 18.9 Å². The summed E-state index contributed by atoms with van der Waals surface area (Å²) in [6.45, 7) is 1.88. The van der Waals surface area contributed by atoms with Crippen LogP contribution in [-0.2, 0) is 4.74 Å². The number of hydrogen-bond acceptors (Lipinski definition) is 5. The van der Waals surface area contributed by atoms with E-state index in [0.29, 0.717) is 11.2 Å². The Balaban J connectivity index is 3.37. The number of nitriles is 1. The van der Waals surface area contributed by atoms with Crippen molar-refractivity contribution in [2.24, 2.45) is 0 Å². The van der Waals surface area contributed by atoms with Gasteiger partial charge in [0.05, 0.1) is 17.7 Å². The average Bonchev–Trinajstić information content (AvgIpc) is 2.28. The topological polar surface area (TPSA) is 67.2 Å². The average molecular weight is 235 g/mol. The molecule has 0 fully saturated rings. The van der Waals surface area contributed by atoms with E-state index in [4.69, 9.17) is 10.00 Å². The van der Waals surface area contributed by atoms with Crippen LogP contribution in [0.3, 0.4) is 0 Å². The number of carbonyl (C=O) groups is 2. The zero-order valence-electron chi connectivity index (χ0n) is 8.56. The summed E-state index contributed by atoms with van der Waals surface area (Å²) < 4.78 is 4.78. The third-order valence-corrected chi connectivity index (χ3v) is 2.34. The Morgan fingerprint density at radius 2 is 2.31 bits per heavy atom. The fourth-order valence-corrected chi connectivity index (χ4v) is 1.47. The van der Waals surface area contributed by atoms with E-state index in [1.807, 2.05) is 6.07 Å². The number of esters is 1. The molecule has 0 bridgehead atoms. The molecule has 5 heteroatoms. The standard InChI is InChI=1S/C11H9NO3S/c1-2-15-11(14)7-3-4-10(16)9(6-13)8(7)5-12/h3-4,6,16H,2H2,1H3. The first kappa shape index (κ1) is 12.3. The van der Waals surface area contributed by atoms with Crippen molar-refractivity contribution in [3.05, 3.63) is 28.8 Å². The van der Waals surface area contributed by atoms with Gasteiger partial charge < -0.3 is 4.74 Å². The van der Waals surface area contributed by atoms with E-state index in [0.717, 1.165) is 0 Å². The second kappa shape index (κ2) is 5.33. The summed E-state index contributed by atoms with van der Waals surface area (Å²) in [5, 5.41) is 8.92. The molecule has 0 aliphatic heterocycles. The number of benzene rings is 1. The summed E-state index contributed by atoms with van der Waals surface area (Å²) in [6, 6.07) is 4.72. The Labute approximate surface area is 98.2 Å². The molecular weight excluding hydrogens is 226 g/mol. The maximum Gasteiger partial charge on any atom is 0.339 e. The van der Waals surface area contributed by atoms with E-state index in [9.17, 15) is 9.59 Å². The van der Waals surface area contributed by atoms with E-state index in [-0.39, 0.29) is 23.3 Å². The summed E-state index contributed by atoms with van der Waals surface area (Å²) in [5.41, 5.74) is 0.196. The van der Waals surface area contributed by atoms with Gasteiger partial charge in [0.1, 0.15) is 6.07 Å². The Bertz CT molecular complexity index is 477. The first-order valence-corrected chi connectivity index (χ1v) is 4.98. The minimum absolute atomic E-state index is 0.000880. The maximum absolute atomic E-state index is 11.5. The van der Waals surface area contributed by atoms with Crippen molar-refractivity contribution >= 4 is 24.9 Å². The van der Waals surface area contributed by atoms with Crippen molar-refractivity contribution in [2.45, 2.75) is 11.8 Å². The van der Waals surface area contributed by atoms with Crippen LogP contribution in [0.1, 0.15) is 33.2 Å². The SMILES string of the molecule is CCOC(=O)c1ccc(S)c(C=O)c1C#N. The van der Waals surface area contributed by atoms with Crippen molar-refractivity contribution in [3.63, 3.8) is 0 Å². The zero-order valence-corrected chi connectivity index (χ0v) is 9.45. The molecule has 0 atom stereocenters. The van der Waals surface area contributed by atoms with Crippen molar-refractivity contribution in [1.82, 2.24) is 0 Å². The van der Waals surface area contributed by atoms with E-state index < -0.39 is 5.97 Å². The molecular formula is C11H9NO3S. The Morgan fingerprint density at radius 1 is 1.62 bits per heavy atom. The van der Waals surface area contributed by atoms with Gasteiger partial charge in [0.25, 0.3) is 0 Å². The van der Waals surface area contributed by atoms with Crippen LogP contribution in [0.15, 0.2) is 17.0 Å². The third-order valence-electron chi connectivity index (χ3n) is 1.95. The number of ether oxygens (including phenoxy) is 1. The lowest BCUT2D eigenvalue weighted by atomic mass is 10.0. The maximum atomic E-state index is 11.5. The van der Waals surface area contributed by atoms with Crippen LogP contribution < -0.4 is 0 Å². The smallest absolute Gasteiger partial charge is 0.339 e. The summed E-state index contributed by atoms with van der Waals surface area (Å²) >= 11 is 4.04. The predicted molar refractivity (Wildman–Crippen MR) is 59.8 cm³/mol. The van der Waals surface area contributed by atoms with Crippen molar-refractivity contribution in [3.8, 4) is 6.07 Å². The highest BCUT2D eigenvalue weighted by Crippen LogP contribution is 2.20. The van der Waals surface area contributed by atoms with E-state index in [2.05, 4.69) is 12.6 Å². The van der Waals surface area contributed by atoms with Gasteiger partial charge in [0, 0.05) is 10.5 Å². The Kier molecular flexibility index (Phi) is 4.09. The lowest BCUT2D eigenvalue weighted by Gasteiger charge is -2.06. The molecule has 0 unspecified atom stereocenters. The highest BCUT2D eigenvalue weighted by molar-refractivity contribution is 7.80. The first-order chi connectivity index (χ1) is 7.65. The van der Waals surface area contributed by atoms with E-state index >= 15 is 0 Å². The molecule has 0 aliphatic rings. The molecule has 0 radical (unpaired) electrons. The number of aldehydes is 1. The van der Waals surface area contributed by atoms with Gasteiger partial charge in [0.2, 0.25) is 0 Å². The quantitative estimate of drug-likeness (QED) is 0.493. The lowest BCUT2D eigenvalue weighted by Crippen LogP contribution is -2.09. The molecule has 1 aromatic carbocycles. The van der Waals surface area contributed by atoms with Crippen LogP contribution in [0.5, 0.6) is 0 Å². The zero-order chi connectivity index (χ0) is 12.1. The summed E-state index contributed by atoms with van der Waals surface area (Å²) in [7, 11) is 0. The summed E-state index contributed by atoms with van der Waals surface area (Å²) in [4.78, 5) is 22.6. The second-order valence-corrected chi connectivity index (χ2v) is 3.35. The van der Waals surface area contributed by atoms with Gasteiger partial charge in [-0.15, -0.1) is 12.6 Å². The second-order valence-electron chi connectivity index (χ2n) is 2.87. The fraction of sp³-hybridized carbons (Fsp3) is 0.182. The molecule has 0 heterocycles. The van der Waals surface area contributed by atoms with E-state index in [1.54, 1.807) is 6.92 Å². The molecule has 0 saturated carbocycles. The molecule has 0 N–H and O–H groups in total. The summed E-state index contributed by atoms with van der Waals surface area (Å²) in [6.07, 6.45) is 0.504. The largest absolute Gasteiger partial charge is 0.462 e. The minimum Gasteiger partial charge on any atom is -0.462 e. The van der Waals surface area contributed by atoms with Crippen LogP contribution in [0, 0.1) is 11.3 Å². The first-order valence-electron chi connectivity index (χ1n) is 4.54. The van der Waals surface area contributed by atoms with Gasteiger partial charge in [-0.05, 0) is 19.1 Å². The van der Waals surface area contributed by atoms with Crippen molar-refractivity contribution < 1.29 is 14.3 Å². The number of hydrogen-bond donors (Lipinski definition) is 1. The molecule has 0 aliphatic carbocycles. The van der Waals surface area contributed by atoms with Gasteiger partial charge in [-0.3, -0.25) is 4.79 Å². The number of thiol groups is 1. The van der Waals surface area contributed by atoms with Crippen LogP contribution in [0.25, 0.3) is 0 Å². The molecule has 82 valence electrons. The van der Waals surface area contributed by atoms with E-state index in [1.165, 1.54) is 12.1 Å². The molecule has 0 spiro atoms. The molecule has 1 aromatic rings. The van der Waals surface area contributed by atoms with Crippen LogP contribution in [0.4, 0.5) is 0 Å². The molecule has 0 saturated heterocycles. The highest BCUT2D eigenvalue weighted by atomic mass is 32.1. The molecule has 0 amide bonds.